The van der Waals surface area contributed by atoms with Crippen molar-refractivity contribution in [2.75, 3.05) is 12.5 Å². The summed E-state index contributed by atoms with van der Waals surface area (Å²) in [6, 6.07) is 11.9. The summed E-state index contributed by atoms with van der Waals surface area (Å²) < 4.78 is 44.9. The topological polar surface area (TPSA) is 59.4 Å². The van der Waals surface area contributed by atoms with Crippen molar-refractivity contribution < 1.29 is 17.9 Å². The molecule has 2 heterocycles. The minimum absolute atomic E-state index is 0.0251. The summed E-state index contributed by atoms with van der Waals surface area (Å²) in [5.41, 5.74) is 2.50. The van der Waals surface area contributed by atoms with Crippen LogP contribution in [0.3, 0.4) is 0 Å². The lowest BCUT2D eigenvalue weighted by molar-refractivity contribution is -0.140. The second kappa shape index (κ2) is 7.52. The molecule has 0 aliphatic heterocycles. The number of hydrogen-bond donors (Lipinski definition) is 1. The van der Waals surface area contributed by atoms with Crippen molar-refractivity contribution in [3.63, 3.8) is 0 Å². The number of methoxy groups -OCH3 is 1. The molecule has 1 N–H and O–H groups in total. The van der Waals surface area contributed by atoms with Gasteiger partial charge in [-0.05, 0) is 29.8 Å². The van der Waals surface area contributed by atoms with Crippen LogP contribution in [0.4, 0.5) is 18.3 Å². The van der Waals surface area contributed by atoms with Crippen molar-refractivity contribution in [1.82, 2.24) is 9.97 Å². The Balaban J connectivity index is 1.84. The van der Waals surface area contributed by atoms with Crippen molar-refractivity contribution in [2.45, 2.75) is 6.18 Å². The molecule has 0 spiro atoms. The smallest absolute Gasteiger partial charge is 0.434 e. The molecule has 0 aliphatic rings. The summed E-state index contributed by atoms with van der Waals surface area (Å²) in [5, 5.41) is 3.97. The number of rotatable bonds is 5. The number of pyridine rings is 1. The van der Waals surface area contributed by atoms with Crippen LogP contribution in [0.5, 0.6) is 5.75 Å². The highest BCUT2D eigenvalue weighted by molar-refractivity contribution is 7.19. The Morgan fingerprint density at radius 2 is 2.04 bits per heavy atom. The third-order valence-corrected chi connectivity index (χ3v) is 4.24. The molecule has 0 unspecified atom stereocenters. The van der Waals surface area contributed by atoms with Crippen molar-refractivity contribution >= 4 is 22.7 Å². The van der Waals surface area contributed by atoms with E-state index >= 15 is 0 Å². The molecule has 1 aromatic carbocycles. The van der Waals surface area contributed by atoms with E-state index in [0.717, 1.165) is 16.9 Å². The molecule has 0 saturated heterocycles. The number of hydrazone groups is 1. The fourth-order valence-corrected chi connectivity index (χ4v) is 3.03. The van der Waals surface area contributed by atoms with Gasteiger partial charge in [-0.1, -0.05) is 29.5 Å². The Bertz CT molecular complexity index is 910. The van der Waals surface area contributed by atoms with Crippen LogP contribution in [-0.2, 0) is 6.18 Å². The van der Waals surface area contributed by atoms with Gasteiger partial charge in [0.1, 0.15) is 5.75 Å². The first-order chi connectivity index (χ1) is 12.5. The predicted octanol–water partition coefficient (Wildman–Crippen LogP) is 4.68. The lowest BCUT2D eigenvalue weighted by atomic mass is 10.2. The van der Waals surface area contributed by atoms with Crippen LogP contribution < -0.4 is 10.2 Å². The van der Waals surface area contributed by atoms with E-state index in [4.69, 9.17) is 4.74 Å². The summed E-state index contributed by atoms with van der Waals surface area (Å²) in [6.45, 7) is 0. The van der Waals surface area contributed by atoms with Gasteiger partial charge in [-0.3, -0.25) is 10.4 Å². The molecule has 0 amide bonds. The van der Waals surface area contributed by atoms with Gasteiger partial charge >= 0.3 is 6.18 Å². The first kappa shape index (κ1) is 17.9. The summed E-state index contributed by atoms with van der Waals surface area (Å²) in [5.74, 6) is 0.653. The van der Waals surface area contributed by atoms with Crippen LogP contribution in [0.2, 0.25) is 0 Å². The highest BCUT2D eigenvalue weighted by Crippen LogP contribution is 2.41. The van der Waals surface area contributed by atoms with Gasteiger partial charge in [-0.2, -0.15) is 18.3 Å². The molecule has 0 fully saturated rings. The van der Waals surface area contributed by atoms with E-state index in [9.17, 15) is 13.2 Å². The van der Waals surface area contributed by atoms with Gasteiger partial charge in [0.15, 0.2) is 5.69 Å². The summed E-state index contributed by atoms with van der Waals surface area (Å²) in [6.07, 6.45) is -1.68. The molecule has 0 saturated carbocycles. The van der Waals surface area contributed by atoms with Crippen molar-refractivity contribution in [1.29, 1.82) is 0 Å². The van der Waals surface area contributed by atoms with Crippen molar-refractivity contribution in [2.24, 2.45) is 5.10 Å². The molecule has 0 aliphatic carbocycles. The van der Waals surface area contributed by atoms with E-state index in [1.54, 1.807) is 43.5 Å². The lowest BCUT2D eigenvalue weighted by Crippen LogP contribution is -2.07. The van der Waals surface area contributed by atoms with E-state index in [1.807, 2.05) is 0 Å². The number of thiazole rings is 1. The minimum atomic E-state index is -4.58. The van der Waals surface area contributed by atoms with E-state index in [-0.39, 0.29) is 15.7 Å². The van der Waals surface area contributed by atoms with E-state index < -0.39 is 11.9 Å². The second-order valence-electron chi connectivity index (χ2n) is 5.06. The second-order valence-corrected chi connectivity index (χ2v) is 6.06. The van der Waals surface area contributed by atoms with Gasteiger partial charge in [0, 0.05) is 6.20 Å². The predicted molar refractivity (Wildman–Crippen MR) is 94.6 cm³/mol. The van der Waals surface area contributed by atoms with Gasteiger partial charge in [0.25, 0.3) is 0 Å². The summed E-state index contributed by atoms with van der Waals surface area (Å²) in [4.78, 5) is 7.54. The van der Waals surface area contributed by atoms with E-state index in [1.165, 1.54) is 18.5 Å². The van der Waals surface area contributed by atoms with Crippen molar-refractivity contribution in [3.8, 4) is 16.3 Å². The van der Waals surface area contributed by atoms with Gasteiger partial charge in [-0.25, -0.2) is 4.98 Å². The molecule has 134 valence electrons. The van der Waals surface area contributed by atoms with Crippen LogP contribution in [0.15, 0.2) is 53.8 Å². The molecule has 0 atom stereocenters. The molecule has 3 aromatic rings. The molecule has 9 heteroatoms. The number of nitrogens with one attached hydrogen (secondary N) is 1. The molecule has 2 aromatic heterocycles. The SMILES string of the molecule is COc1cccc(/C=N/Nc2nc(C(F)(F)F)c(-c3ccccn3)s2)c1. The van der Waals surface area contributed by atoms with Gasteiger partial charge in [0.2, 0.25) is 5.13 Å². The molecule has 0 bridgehead atoms. The Hall–Kier alpha value is -2.94. The minimum Gasteiger partial charge on any atom is -0.497 e. The Labute approximate surface area is 151 Å². The quantitative estimate of drug-likeness (QED) is 0.517. The maximum Gasteiger partial charge on any atom is 0.434 e. The third-order valence-electron chi connectivity index (χ3n) is 3.26. The number of benzene rings is 1. The average Bonchev–Trinajstić information content (AvgIpc) is 3.07. The summed E-state index contributed by atoms with van der Waals surface area (Å²) in [7, 11) is 1.54. The lowest BCUT2D eigenvalue weighted by Gasteiger charge is -2.04. The number of nitrogens with zero attached hydrogens (tertiary/aromatic N) is 3. The first-order valence-corrected chi connectivity index (χ1v) is 8.21. The zero-order chi connectivity index (χ0) is 18.6. The average molecular weight is 378 g/mol. The van der Waals surface area contributed by atoms with Gasteiger partial charge in [-0.15, -0.1) is 0 Å². The molecule has 26 heavy (non-hydrogen) atoms. The Morgan fingerprint density at radius 3 is 2.73 bits per heavy atom. The standard InChI is InChI=1S/C17H13F3N4OS/c1-25-12-6-4-5-11(9-12)10-22-24-16-23-15(17(18,19)20)14(26-16)13-7-2-3-8-21-13/h2-10H,1H3,(H,23,24)/b22-10+. The van der Waals surface area contributed by atoms with Gasteiger partial charge in [0.05, 0.1) is 23.9 Å². The van der Waals surface area contributed by atoms with Crippen LogP contribution in [0.25, 0.3) is 10.6 Å². The number of aromatic nitrogens is 2. The zero-order valence-corrected chi connectivity index (χ0v) is 14.3. The Kier molecular flexibility index (Phi) is 5.17. The number of halogens is 3. The fraction of sp³-hybridized carbons (Fsp3) is 0.118. The highest BCUT2D eigenvalue weighted by atomic mass is 32.1. The van der Waals surface area contributed by atoms with Crippen LogP contribution in [-0.4, -0.2) is 23.3 Å². The molecular formula is C17H13F3N4OS. The maximum atomic E-state index is 13.3. The number of alkyl halides is 3. The van der Waals surface area contributed by atoms with Gasteiger partial charge < -0.3 is 4.74 Å². The van der Waals surface area contributed by atoms with E-state index in [2.05, 4.69) is 20.5 Å². The monoisotopic (exact) mass is 378 g/mol. The normalized spacial score (nSPS) is 11.7. The van der Waals surface area contributed by atoms with Crippen molar-refractivity contribution in [3.05, 3.63) is 59.9 Å². The van der Waals surface area contributed by atoms with Crippen LogP contribution in [0.1, 0.15) is 11.3 Å². The third kappa shape index (κ3) is 4.17. The zero-order valence-electron chi connectivity index (χ0n) is 13.5. The molecule has 0 radical (unpaired) electrons. The maximum absolute atomic E-state index is 13.3. The molecular weight excluding hydrogens is 365 g/mol. The number of hydrogen-bond acceptors (Lipinski definition) is 6. The van der Waals surface area contributed by atoms with Crippen LogP contribution >= 0.6 is 11.3 Å². The molecule has 3 rings (SSSR count). The van der Waals surface area contributed by atoms with Crippen LogP contribution in [0, 0.1) is 0 Å². The Morgan fingerprint density at radius 1 is 1.19 bits per heavy atom. The number of anilines is 1. The number of ether oxygens (including phenoxy) is 1. The summed E-state index contributed by atoms with van der Waals surface area (Å²) >= 11 is 0.839. The van der Waals surface area contributed by atoms with E-state index in [0.29, 0.717) is 5.75 Å². The highest BCUT2D eigenvalue weighted by Gasteiger charge is 2.38. The molecule has 5 nitrogen and oxygen atoms in total. The fourth-order valence-electron chi connectivity index (χ4n) is 2.11. The first-order valence-electron chi connectivity index (χ1n) is 7.40. The largest absolute Gasteiger partial charge is 0.497 e.